The highest BCUT2D eigenvalue weighted by atomic mass is 35.5. The van der Waals surface area contributed by atoms with Crippen LogP contribution in [0.3, 0.4) is 0 Å². The second-order valence-corrected chi connectivity index (χ2v) is 9.47. The minimum atomic E-state index is -0.121. The third-order valence-corrected chi connectivity index (χ3v) is 7.03. The molecule has 3 aromatic carbocycles. The number of benzene rings is 3. The molecule has 4 aromatic rings. The van der Waals surface area contributed by atoms with Gasteiger partial charge in [-0.1, -0.05) is 24.3 Å². The van der Waals surface area contributed by atoms with E-state index < -0.39 is 0 Å². The van der Waals surface area contributed by atoms with Crippen molar-refractivity contribution in [2.24, 2.45) is 5.73 Å². The first-order valence-electron chi connectivity index (χ1n) is 12.9. The SMILES string of the molecule is Cl.NCCc1c[nH]c2ccc(CCC(=O)N3CCN(c4ccc(NC(=O)c5ccccc5)cc4)CC3)cc12. The van der Waals surface area contributed by atoms with E-state index >= 15 is 0 Å². The molecule has 2 heterocycles. The van der Waals surface area contributed by atoms with Crippen molar-refractivity contribution in [3.63, 3.8) is 0 Å². The lowest BCUT2D eigenvalue weighted by Crippen LogP contribution is -2.48. The fraction of sp³-hybridized carbons (Fsp3) is 0.267. The second-order valence-electron chi connectivity index (χ2n) is 9.47. The summed E-state index contributed by atoms with van der Waals surface area (Å²) in [6.45, 7) is 3.63. The van der Waals surface area contributed by atoms with Crippen LogP contribution in [0.2, 0.25) is 0 Å². The lowest BCUT2D eigenvalue weighted by molar-refractivity contribution is -0.131. The number of aromatic amines is 1. The summed E-state index contributed by atoms with van der Waals surface area (Å²) in [6.07, 6.45) is 4.12. The molecule has 0 spiro atoms. The molecule has 0 radical (unpaired) electrons. The van der Waals surface area contributed by atoms with E-state index in [4.69, 9.17) is 5.73 Å². The van der Waals surface area contributed by atoms with Crippen LogP contribution >= 0.6 is 12.4 Å². The Labute approximate surface area is 229 Å². The van der Waals surface area contributed by atoms with Gasteiger partial charge in [-0.15, -0.1) is 12.4 Å². The maximum absolute atomic E-state index is 12.9. The average molecular weight is 532 g/mol. The summed E-state index contributed by atoms with van der Waals surface area (Å²) in [7, 11) is 0. The van der Waals surface area contributed by atoms with E-state index in [1.807, 2.05) is 53.6 Å². The van der Waals surface area contributed by atoms with Crippen LogP contribution in [-0.4, -0.2) is 54.4 Å². The molecular formula is C30H34ClN5O2. The molecule has 8 heteroatoms. The van der Waals surface area contributed by atoms with Gasteiger partial charge in [-0.25, -0.2) is 0 Å². The van der Waals surface area contributed by atoms with Crippen LogP contribution in [0.1, 0.15) is 27.9 Å². The maximum atomic E-state index is 12.9. The standard InChI is InChI=1S/C30H33N5O2.ClH/c31-15-14-24-21-32-28-12-6-22(20-27(24)28)7-13-29(36)35-18-16-34(17-19-35)26-10-8-25(9-11-26)33-30(37)23-4-2-1-3-5-23;/h1-6,8-12,20-21,32H,7,13-19,31H2,(H,33,37);1H. The van der Waals surface area contributed by atoms with Gasteiger partial charge in [-0.2, -0.15) is 0 Å². The number of halogens is 1. The molecule has 1 aliphatic heterocycles. The monoisotopic (exact) mass is 531 g/mol. The molecule has 1 aromatic heterocycles. The zero-order valence-electron chi connectivity index (χ0n) is 21.4. The molecule has 5 rings (SSSR count). The molecule has 1 fully saturated rings. The Bertz CT molecular complexity index is 1360. The highest BCUT2D eigenvalue weighted by Gasteiger charge is 2.21. The number of carbonyl (C=O) groups is 2. The Morgan fingerprint density at radius 3 is 2.34 bits per heavy atom. The fourth-order valence-corrected chi connectivity index (χ4v) is 4.92. The lowest BCUT2D eigenvalue weighted by atomic mass is 10.0. The van der Waals surface area contributed by atoms with Gasteiger partial charge in [0.15, 0.2) is 0 Å². The Morgan fingerprint density at radius 2 is 1.63 bits per heavy atom. The smallest absolute Gasteiger partial charge is 0.255 e. The van der Waals surface area contributed by atoms with Gasteiger partial charge in [-0.05, 0) is 79.0 Å². The zero-order chi connectivity index (χ0) is 25.6. The number of nitrogens with zero attached hydrogens (tertiary/aromatic N) is 2. The van der Waals surface area contributed by atoms with Gasteiger partial charge in [0.1, 0.15) is 0 Å². The topological polar surface area (TPSA) is 94.5 Å². The summed E-state index contributed by atoms with van der Waals surface area (Å²) < 4.78 is 0. The molecule has 0 aliphatic carbocycles. The number of rotatable bonds is 8. The van der Waals surface area contributed by atoms with Gasteiger partial charge in [0, 0.05) is 66.6 Å². The summed E-state index contributed by atoms with van der Waals surface area (Å²) in [5, 5.41) is 4.14. The molecule has 38 heavy (non-hydrogen) atoms. The summed E-state index contributed by atoms with van der Waals surface area (Å²) in [6, 6.07) is 23.5. The van der Waals surface area contributed by atoms with Gasteiger partial charge >= 0.3 is 0 Å². The number of piperazine rings is 1. The predicted molar refractivity (Wildman–Crippen MR) is 156 cm³/mol. The van der Waals surface area contributed by atoms with Gasteiger partial charge in [0.05, 0.1) is 0 Å². The van der Waals surface area contributed by atoms with Crippen LogP contribution in [0.4, 0.5) is 11.4 Å². The third-order valence-electron chi connectivity index (χ3n) is 7.03. The highest BCUT2D eigenvalue weighted by molar-refractivity contribution is 6.04. The van der Waals surface area contributed by atoms with Crippen LogP contribution in [0.5, 0.6) is 0 Å². The second kappa shape index (κ2) is 12.6. The van der Waals surface area contributed by atoms with Crippen LogP contribution in [0, 0.1) is 0 Å². The Balaban J connectivity index is 0.00000336. The largest absolute Gasteiger partial charge is 0.368 e. The first kappa shape index (κ1) is 27.2. The maximum Gasteiger partial charge on any atom is 0.255 e. The number of hydrogen-bond acceptors (Lipinski definition) is 4. The van der Waals surface area contributed by atoms with Crippen molar-refractivity contribution >= 4 is 46.5 Å². The summed E-state index contributed by atoms with van der Waals surface area (Å²) in [4.78, 5) is 32.8. The molecule has 4 N–H and O–H groups in total. The number of nitrogens with one attached hydrogen (secondary N) is 2. The van der Waals surface area contributed by atoms with E-state index in [0.29, 0.717) is 31.6 Å². The van der Waals surface area contributed by atoms with Gasteiger partial charge in [0.25, 0.3) is 5.91 Å². The van der Waals surface area contributed by atoms with Crippen molar-refractivity contribution in [1.29, 1.82) is 0 Å². The van der Waals surface area contributed by atoms with E-state index in [0.717, 1.165) is 42.8 Å². The number of H-pyrrole nitrogens is 1. The first-order valence-corrected chi connectivity index (χ1v) is 12.9. The molecule has 7 nitrogen and oxygen atoms in total. The number of fused-ring (bicyclic) bond motifs is 1. The normalized spacial score (nSPS) is 13.3. The summed E-state index contributed by atoms with van der Waals surface area (Å²) >= 11 is 0. The molecule has 1 aliphatic rings. The number of nitrogens with two attached hydrogens (primary N) is 1. The van der Waals surface area contributed by atoms with E-state index in [1.165, 1.54) is 16.5 Å². The van der Waals surface area contributed by atoms with E-state index in [-0.39, 0.29) is 24.2 Å². The molecule has 0 unspecified atom stereocenters. The Morgan fingerprint density at radius 1 is 0.895 bits per heavy atom. The van der Waals surface area contributed by atoms with Crippen LogP contribution in [0.25, 0.3) is 10.9 Å². The Hall–Kier alpha value is -3.81. The minimum absolute atomic E-state index is 0. The lowest BCUT2D eigenvalue weighted by Gasteiger charge is -2.36. The molecule has 0 saturated carbocycles. The van der Waals surface area contributed by atoms with Crippen molar-refractivity contribution in [1.82, 2.24) is 9.88 Å². The number of aryl methyl sites for hydroxylation is 1. The van der Waals surface area contributed by atoms with E-state index in [2.05, 4.69) is 33.4 Å². The van der Waals surface area contributed by atoms with E-state index in [9.17, 15) is 9.59 Å². The zero-order valence-corrected chi connectivity index (χ0v) is 22.2. The van der Waals surface area contributed by atoms with E-state index in [1.54, 1.807) is 12.1 Å². The number of carbonyl (C=O) groups excluding carboxylic acids is 2. The van der Waals surface area contributed by atoms with Crippen molar-refractivity contribution < 1.29 is 9.59 Å². The first-order chi connectivity index (χ1) is 18.1. The van der Waals surface area contributed by atoms with Crippen molar-refractivity contribution in [3.8, 4) is 0 Å². The summed E-state index contributed by atoms with van der Waals surface area (Å²) in [5.41, 5.74) is 11.7. The van der Waals surface area contributed by atoms with Crippen LogP contribution < -0.4 is 16.0 Å². The van der Waals surface area contributed by atoms with Gasteiger partial charge in [0.2, 0.25) is 5.91 Å². The molecule has 2 amide bonds. The molecule has 198 valence electrons. The predicted octanol–water partition coefficient (Wildman–Crippen LogP) is 4.62. The summed E-state index contributed by atoms with van der Waals surface area (Å²) in [5.74, 6) is 0.0828. The van der Waals surface area contributed by atoms with Gasteiger partial charge < -0.3 is 25.8 Å². The Kier molecular flexibility index (Phi) is 9.05. The van der Waals surface area contributed by atoms with Crippen molar-refractivity contribution in [2.45, 2.75) is 19.3 Å². The van der Waals surface area contributed by atoms with Crippen molar-refractivity contribution in [2.75, 3.05) is 42.9 Å². The number of anilines is 2. The number of aromatic nitrogens is 1. The molecule has 1 saturated heterocycles. The van der Waals surface area contributed by atoms with Crippen LogP contribution in [0.15, 0.2) is 79.0 Å². The average Bonchev–Trinajstić information content (AvgIpc) is 3.35. The quantitative estimate of drug-likeness (QED) is 0.309. The molecule has 0 bridgehead atoms. The fourth-order valence-electron chi connectivity index (χ4n) is 4.92. The number of amides is 2. The third kappa shape index (κ3) is 6.36. The van der Waals surface area contributed by atoms with Gasteiger partial charge in [-0.3, -0.25) is 9.59 Å². The van der Waals surface area contributed by atoms with Crippen LogP contribution in [-0.2, 0) is 17.6 Å². The van der Waals surface area contributed by atoms with Crippen molar-refractivity contribution in [3.05, 3.63) is 95.7 Å². The molecule has 0 atom stereocenters. The number of hydrogen-bond donors (Lipinski definition) is 3. The minimum Gasteiger partial charge on any atom is -0.368 e. The highest BCUT2D eigenvalue weighted by Crippen LogP contribution is 2.22. The molecular weight excluding hydrogens is 498 g/mol.